The van der Waals surface area contributed by atoms with Crippen molar-refractivity contribution < 1.29 is 8.78 Å². The number of aromatic amines is 1. The van der Waals surface area contributed by atoms with Crippen molar-refractivity contribution in [2.45, 2.75) is 19.9 Å². The van der Waals surface area contributed by atoms with Crippen LogP contribution in [-0.2, 0) is 0 Å². The molecule has 0 saturated carbocycles. The molecular weight excluding hydrogens is 272 g/mol. The number of aromatic nitrogens is 2. The van der Waals surface area contributed by atoms with Gasteiger partial charge in [0.2, 0.25) is 5.95 Å². The molecule has 3 aromatic rings. The van der Waals surface area contributed by atoms with Crippen LogP contribution >= 0.6 is 0 Å². The number of nitrogens with one attached hydrogen (secondary N) is 2. The second-order valence-corrected chi connectivity index (χ2v) is 5.12. The Morgan fingerprint density at radius 1 is 1.14 bits per heavy atom. The van der Waals surface area contributed by atoms with Crippen LogP contribution in [0.25, 0.3) is 11.0 Å². The summed E-state index contributed by atoms with van der Waals surface area (Å²) in [6.07, 6.45) is 0. The summed E-state index contributed by atoms with van der Waals surface area (Å²) in [4.78, 5) is 7.34. The highest BCUT2D eigenvalue weighted by molar-refractivity contribution is 5.77. The fraction of sp³-hybridized carbons (Fsp3) is 0.188. The standard InChI is InChI=1S/C16H15F2N3/c1-9-3-4-11(7-13(9)18)10(2)19-16-20-14-6-5-12(17)8-15(14)21-16/h3-8,10H,1-2H3,(H2,19,20,21). The number of rotatable bonds is 3. The average molecular weight is 287 g/mol. The maximum atomic E-state index is 13.6. The Hall–Kier alpha value is -2.43. The zero-order chi connectivity index (χ0) is 15.0. The minimum Gasteiger partial charge on any atom is -0.349 e. The van der Waals surface area contributed by atoms with Gasteiger partial charge in [0.05, 0.1) is 17.1 Å². The maximum Gasteiger partial charge on any atom is 0.201 e. The van der Waals surface area contributed by atoms with Gasteiger partial charge in [-0.05, 0) is 49.2 Å². The molecule has 2 N–H and O–H groups in total. The summed E-state index contributed by atoms with van der Waals surface area (Å²) < 4.78 is 26.7. The summed E-state index contributed by atoms with van der Waals surface area (Å²) in [6, 6.07) is 9.38. The smallest absolute Gasteiger partial charge is 0.201 e. The average Bonchev–Trinajstić information content (AvgIpc) is 2.83. The van der Waals surface area contributed by atoms with Crippen LogP contribution in [0.5, 0.6) is 0 Å². The Kier molecular flexibility index (Phi) is 3.33. The summed E-state index contributed by atoms with van der Waals surface area (Å²) in [7, 11) is 0. The van der Waals surface area contributed by atoms with Gasteiger partial charge in [-0.2, -0.15) is 0 Å². The molecular formula is C16H15F2N3. The van der Waals surface area contributed by atoms with Crippen molar-refractivity contribution in [3.8, 4) is 0 Å². The van der Waals surface area contributed by atoms with Gasteiger partial charge in [0.15, 0.2) is 0 Å². The number of benzene rings is 2. The molecule has 3 rings (SSSR count). The van der Waals surface area contributed by atoms with Crippen molar-refractivity contribution in [1.82, 2.24) is 9.97 Å². The van der Waals surface area contributed by atoms with Crippen molar-refractivity contribution in [3.63, 3.8) is 0 Å². The van der Waals surface area contributed by atoms with E-state index >= 15 is 0 Å². The molecule has 1 atom stereocenters. The SMILES string of the molecule is Cc1ccc(C(C)Nc2nc3ccc(F)cc3[nH]2)cc1F. The molecule has 3 nitrogen and oxygen atoms in total. The fourth-order valence-electron chi connectivity index (χ4n) is 2.22. The van der Waals surface area contributed by atoms with Gasteiger partial charge in [-0.15, -0.1) is 0 Å². The highest BCUT2D eigenvalue weighted by Gasteiger charge is 2.10. The third kappa shape index (κ3) is 2.72. The largest absolute Gasteiger partial charge is 0.349 e. The number of anilines is 1. The first-order chi connectivity index (χ1) is 10.0. The topological polar surface area (TPSA) is 40.7 Å². The predicted molar refractivity (Wildman–Crippen MR) is 79.2 cm³/mol. The van der Waals surface area contributed by atoms with Crippen molar-refractivity contribution in [3.05, 3.63) is 59.2 Å². The van der Waals surface area contributed by atoms with Gasteiger partial charge in [-0.25, -0.2) is 13.8 Å². The molecule has 0 saturated heterocycles. The minimum absolute atomic E-state index is 0.120. The predicted octanol–water partition coefficient (Wildman–Crippen LogP) is 4.32. The van der Waals surface area contributed by atoms with E-state index in [4.69, 9.17) is 0 Å². The lowest BCUT2D eigenvalue weighted by molar-refractivity contribution is 0.614. The van der Waals surface area contributed by atoms with E-state index in [1.54, 1.807) is 19.1 Å². The first-order valence-corrected chi connectivity index (χ1v) is 6.71. The van der Waals surface area contributed by atoms with Crippen molar-refractivity contribution in [1.29, 1.82) is 0 Å². The van der Waals surface area contributed by atoms with E-state index in [2.05, 4.69) is 15.3 Å². The number of hydrogen-bond donors (Lipinski definition) is 2. The quantitative estimate of drug-likeness (QED) is 0.753. The van der Waals surface area contributed by atoms with Crippen molar-refractivity contribution in [2.24, 2.45) is 0 Å². The summed E-state index contributed by atoms with van der Waals surface area (Å²) >= 11 is 0. The summed E-state index contributed by atoms with van der Waals surface area (Å²) in [6.45, 7) is 3.64. The van der Waals surface area contributed by atoms with Crippen molar-refractivity contribution >= 4 is 17.0 Å². The number of nitrogens with zero attached hydrogens (tertiary/aromatic N) is 1. The Bertz CT molecular complexity index is 795. The second kappa shape index (κ2) is 5.16. The van der Waals surface area contributed by atoms with Gasteiger partial charge < -0.3 is 10.3 Å². The molecule has 0 radical (unpaired) electrons. The van der Waals surface area contributed by atoms with E-state index in [1.165, 1.54) is 18.2 Å². The highest BCUT2D eigenvalue weighted by Crippen LogP contribution is 2.22. The Morgan fingerprint density at radius 2 is 1.95 bits per heavy atom. The Morgan fingerprint density at radius 3 is 2.71 bits per heavy atom. The monoisotopic (exact) mass is 287 g/mol. The van der Waals surface area contributed by atoms with Crippen LogP contribution in [0.4, 0.5) is 14.7 Å². The molecule has 108 valence electrons. The lowest BCUT2D eigenvalue weighted by Crippen LogP contribution is -2.08. The zero-order valence-electron chi connectivity index (χ0n) is 11.7. The molecule has 0 spiro atoms. The fourth-order valence-corrected chi connectivity index (χ4v) is 2.22. The van der Waals surface area contributed by atoms with Gasteiger partial charge >= 0.3 is 0 Å². The van der Waals surface area contributed by atoms with E-state index in [0.29, 0.717) is 22.5 Å². The molecule has 0 fully saturated rings. The molecule has 2 aromatic carbocycles. The number of fused-ring (bicyclic) bond motifs is 1. The third-order valence-corrected chi connectivity index (χ3v) is 3.49. The molecule has 1 aromatic heterocycles. The first kappa shape index (κ1) is 13.5. The van der Waals surface area contributed by atoms with Crippen LogP contribution in [0.1, 0.15) is 24.1 Å². The van der Waals surface area contributed by atoms with Gasteiger partial charge in [-0.3, -0.25) is 0 Å². The lowest BCUT2D eigenvalue weighted by atomic mass is 10.1. The first-order valence-electron chi connectivity index (χ1n) is 6.71. The molecule has 21 heavy (non-hydrogen) atoms. The number of hydrogen-bond acceptors (Lipinski definition) is 2. The minimum atomic E-state index is -0.314. The number of halogens is 2. The van der Waals surface area contributed by atoms with Crippen LogP contribution in [0.2, 0.25) is 0 Å². The van der Waals surface area contributed by atoms with Crippen LogP contribution in [0.3, 0.4) is 0 Å². The molecule has 1 heterocycles. The van der Waals surface area contributed by atoms with Crippen LogP contribution in [0, 0.1) is 18.6 Å². The van der Waals surface area contributed by atoms with E-state index in [-0.39, 0.29) is 17.7 Å². The van der Waals surface area contributed by atoms with E-state index in [1.807, 2.05) is 13.0 Å². The Labute approximate surface area is 121 Å². The summed E-state index contributed by atoms with van der Waals surface area (Å²) in [5.74, 6) is -0.0109. The number of imidazole rings is 1. The number of H-pyrrole nitrogens is 1. The lowest BCUT2D eigenvalue weighted by Gasteiger charge is -2.14. The summed E-state index contributed by atoms with van der Waals surface area (Å²) in [5, 5.41) is 3.16. The molecule has 5 heteroatoms. The molecule has 1 unspecified atom stereocenters. The third-order valence-electron chi connectivity index (χ3n) is 3.49. The summed E-state index contributed by atoms with van der Waals surface area (Å²) in [5.41, 5.74) is 2.75. The number of aryl methyl sites for hydroxylation is 1. The molecule has 0 aliphatic rings. The molecule has 0 bridgehead atoms. The molecule has 0 aliphatic heterocycles. The van der Waals surface area contributed by atoms with Crippen LogP contribution in [-0.4, -0.2) is 9.97 Å². The van der Waals surface area contributed by atoms with Crippen molar-refractivity contribution in [2.75, 3.05) is 5.32 Å². The Balaban J connectivity index is 1.85. The highest BCUT2D eigenvalue weighted by atomic mass is 19.1. The van der Waals surface area contributed by atoms with E-state index < -0.39 is 0 Å². The van der Waals surface area contributed by atoms with Gasteiger partial charge in [0.25, 0.3) is 0 Å². The van der Waals surface area contributed by atoms with E-state index in [9.17, 15) is 8.78 Å². The van der Waals surface area contributed by atoms with Gasteiger partial charge in [-0.1, -0.05) is 12.1 Å². The maximum absolute atomic E-state index is 13.6. The van der Waals surface area contributed by atoms with Gasteiger partial charge in [0, 0.05) is 0 Å². The normalized spacial score (nSPS) is 12.6. The van der Waals surface area contributed by atoms with Gasteiger partial charge in [0.1, 0.15) is 11.6 Å². The van der Waals surface area contributed by atoms with Crippen LogP contribution < -0.4 is 5.32 Å². The second-order valence-electron chi connectivity index (χ2n) is 5.12. The van der Waals surface area contributed by atoms with E-state index in [0.717, 1.165) is 5.56 Å². The molecule has 0 aliphatic carbocycles. The molecule has 0 amide bonds. The zero-order valence-corrected chi connectivity index (χ0v) is 11.7. The van der Waals surface area contributed by atoms with Crippen LogP contribution in [0.15, 0.2) is 36.4 Å².